The lowest BCUT2D eigenvalue weighted by Gasteiger charge is -2.15. The average Bonchev–Trinajstić information content (AvgIpc) is 3.13. The lowest BCUT2D eigenvalue weighted by Crippen LogP contribution is -2.23. The largest absolute Gasteiger partial charge is 0.351 e. The number of amides is 1. The summed E-state index contributed by atoms with van der Waals surface area (Å²) in [4.78, 5) is 13.9. The molecule has 1 heterocycles. The van der Waals surface area contributed by atoms with Crippen molar-refractivity contribution >= 4 is 29.9 Å². The molecule has 0 radical (unpaired) electrons. The fourth-order valence-electron chi connectivity index (χ4n) is 3.19. The quantitative estimate of drug-likeness (QED) is 0.762. The second-order valence-corrected chi connectivity index (χ2v) is 6.51. The molecule has 25 heavy (non-hydrogen) atoms. The van der Waals surface area contributed by atoms with Crippen molar-refractivity contribution in [3.8, 4) is 11.1 Å². The third kappa shape index (κ3) is 5.46. The minimum absolute atomic E-state index is 0. The van der Waals surface area contributed by atoms with Gasteiger partial charge in [0, 0.05) is 13.1 Å². The smallest absolute Gasteiger partial charge is 0.235 e. The third-order valence-electron chi connectivity index (χ3n) is 4.48. The van der Waals surface area contributed by atoms with E-state index in [1.54, 1.807) is 0 Å². The Hall–Kier alpha value is -1.55. The highest BCUT2D eigenvalue weighted by Crippen LogP contribution is 2.24. The maximum atomic E-state index is 11.4. The zero-order chi connectivity index (χ0) is 16.8. The van der Waals surface area contributed by atoms with E-state index in [2.05, 4.69) is 40.5 Å². The maximum absolute atomic E-state index is 11.4. The van der Waals surface area contributed by atoms with Crippen molar-refractivity contribution < 1.29 is 4.79 Å². The van der Waals surface area contributed by atoms with E-state index in [0.29, 0.717) is 6.54 Å². The minimum atomic E-state index is -0.146. The van der Waals surface area contributed by atoms with Gasteiger partial charge < -0.3 is 5.32 Å². The van der Waals surface area contributed by atoms with Crippen molar-refractivity contribution in [3.05, 3.63) is 59.7 Å². The number of halogens is 2. The number of nitrogens with one attached hydrogen (secondary N) is 1. The van der Waals surface area contributed by atoms with Crippen molar-refractivity contribution in [3.63, 3.8) is 0 Å². The van der Waals surface area contributed by atoms with Gasteiger partial charge in [0.15, 0.2) is 0 Å². The van der Waals surface area contributed by atoms with Gasteiger partial charge >= 0.3 is 0 Å². The van der Waals surface area contributed by atoms with Crippen LogP contribution in [0.4, 0.5) is 0 Å². The molecular formula is C20H24Cl2N2O. The number of rotatable bonds is 6. The summed E-state index contributed by atoms with van der Waals surface area (Å²) in [5.74, 6) is -0.152. The molecule has 0 unspecified atom stereocenters. The van der Waals surface area contributed by atoms with Gasteiger partial charge in [-0.2, -0.15) is 0 Å². The van der Waals surface area contributed by atoms with Gasteiger partial charge in [0.2, 0.25) is 5.91 Å². The Balaban J connectivity index is 0.00000225. The Morgan fingerprint density at radius 2 is 1.72 bits per heavy atom. The van der Waals surface area contributed by atoms with E-state index in [1.165, 1.54) is 37.1 Å². The highest BCUT2D eigenvalue weighted by molar-refractivity contribution is 6.27. The van der Waals surface area contributed by atoms with E-state index in [1.807, 2.05) is 18.2 Å². The highest BCUT2D eigenvalue weighted by Gasteiger charge is 2.12. The molecule has 1 aliphatic rings. The van der Waals surface area contributed by atoms with Gasteiger partial charge in [0.25, 0.3) is 0 Å². The maximum Gasteiger partial charge on any atom is 0.235 e. The highest BCUT2D eigenvalue weighted by atomic mass is 35.5. The number of benzene rings is 2. The van der Waals surface area contributed by atoms with Crippen molar-refractivity contribution in [2.75, 3.05) is 19.0 Å². The summed E-state index contributed by atoms with van der Waals surface area (Å²) in [6.45, 7) is 3.96. The van der Waals surface area contributed by atoms with Crippen molar-refractivity contribution in [2.24, 2.45) is 0 Å². The molecule has 1 amide bonds. The van der Waals surface area contributed by atoms with Gasteiger partial charge in [-0.1, -0.05) is 48.5 Å². The van der Waals surface area contributed by atoms with Crippen LogP contribution in [0.2, 0.25) is 0 Å². The van der Waals surface area contributed by atoms with Crippen molar-refractivity contribution in [1.29, 1.82) is 0 Å². The van der Waals surface area contributed by atoms with Crippen LogP contribution in [0, 0.1) is 0 Å². The first-order chi connectivity index (χ1) is 11.8. The zero-order valence-corrected chi connectivity index (χ0v) is 15.8. The molecule has 0 spiro atoms. The van der Waals surface area contributed by atoms with Gasteiger partial charge in [0.1, 0.15) is 5.88 Å². The summed E-state index contributed by atoms with van der Waals surface area (Å²) in [6, 6.07) is 16.9. The van der Waals surface area contributed by atoms with Crippen molar-refractivity contribution in [1.82, 2.24) is 10.2 Å². The Morgan fingerprint density at radius 3 is 2.40 bits per heavy atom. The van der Waals surface area contributed by atoms with Gasteiger partial charge in [0.05, 0.1) is 0 Å². The standard InChI is InChI=1S/C20H23ClN2O.ClH/c21-13-20(24)22-14-18-5-1-2-6-19(18)17-9-7-16(8-10-17)15-23-11-3-4-12-23;/h1-2,5-10H,3-4,11-15H2,(H,22,24);1H. The number of hydrogen-bond acceptors (Lipinski definition) is 2. The topological polar surface area (TPSA) is 32.3 Å². The van der Waals surface area contributed by atoms with Crippen LogP contribution < -0.4 is 5.32 Å². The molecule has 2 aromatic carbocycles. The van der Waals surface area contributed by atoms with Crippen LogP contribution >= 0.6 is 24.0 Å². The molecule has 5 heteroatoms. The second kappa shape index (κ2) is 9.81. The fraction of sp³-hybridized carbons (Fsp3) is 0.350. The summed E-state index contributed by atoms with van der Waals surface area (Å²) in [5, 5.41) is 2.84. The van der Waals surface area contributed by atoms with Gasteiger partial charge in [-0.3, -0.25) is 9.69 Å². The summed E-state index contributed by atoms with van der Waals surface area (Å²) in [6.07, 6.45) is 2.64. The molecule has 1 saturated heterocycles. The van der Waals surface area contributed by atoms with Gasteiger partial charge in [-0.05, 0) is 48.2 Å². The third-order valence-corrected chi connectivity index (χ3v) is 4.73. The van der Waals surface area contributed by atoms with E-state index in [4.69, 9.17) is 11.6 Å². The van der Waals surface area contributed by atoms with Crippen LogP contribution in [0.5, 0.6) is 0 Å². The monoisotopic (exact) mass is 378 g/mol. The van der Waals surface area contributed by atoms with Crippen LogP contribution in [-0.4, -0.2) is 29.8 Å². The van der Waals surface area contributed by atoms with E-state index < -0.39 is 0 Å². The fourth-order valence-corrected chi connectivity index (χ4v) is 3.28. The summed E-state index contributed by atoms with van der Waals surface area (Å²) in [5.41, 5.74) is 4.79. The lowest BCUT2D eigenvalue weighted by molar-refractivity contribution is -0.118. The molecule has 134 valence electrons. The number of hydrogen-bond donors (Lipinski definition) is 1. The van der Waals surface area contributed by atoms with Crippen LogP contribution in [0.1, 0.15) is 24.0 Å². The van der Waals surface area contributed by atoms with Crippen molar-refractivity contribution in [2.45, 2.75) is 25.9 Å². The van der Waals surface area contributed by atoms with Crippen LogP contribution in [0.25, 0.3) is 11.1 Å². The number of carbonyl (C=O) groups is 1. The number of carbonyl (C=O) groups excluding carboxylic acids is 1. The normalized spacial score (nSPS) is 14.1. The number of alkyl halides is 1. The molecule has 1 aliphatic heterocycles. The molecule has 3 rings (SSSR count). The average molecular weight is 379 g/mol. The minimum Gasteiger partial charge on any atom is -0.351 e. The zero-order valence-electron chi connectivity index (χ0n) is 14.2. The predicted molar refractivity (Wildman–Crippen MR) is 106 cm³/mol. The number of likely N-dealkylation sites (tertiary alicyclic amines) is 1. The van der Waals surface area contributed by atoms with E-state index >= 15 is 0 Å². The van der Waals surface area contributed by atoms with E-state index in [-0.39, 0.29) is 24.2 Å². The lowest BCUT2D eigenvalue weighted by atomic mass is 9.98. The Morgan fingerprint density at radius 1 is 1.04 bits per heavy atom. The first-order valence-corrected chi connectivity index (χ1v) is 9.02. The molecule has 1 N–H and O–H groups in total. The van der Waals surface area contributed by atoms with E-state index in [0.717, 1.165) is 17.7 Å². The second-order valence-electron chi connectivity index (χ2n) is 6.25. The first kappa shape index (κ1) is 19.8. The molecule has 0 aliphatic carbocycles. The Labute approximate surface area is 160 Å². The van der Waals surface area contributed by atoms with Gasteiger partial charge in [-0.25, -0.2) is 0 Å². The summed E-state index contributed by atoms with van der Waals surface area (Å²) >= 11 is 5.55. The molecular weight excluding hydrogens is 355 g/mol. The van der Waals surface area contributed by atoms with Crippen LogP contribution in [-0.2, 0) is 17.9 Å². The molecule has 0 aromatic heterocycles. The Kier molecular flexibility index (Phi) is 7.76. The molecule has 2 aromatic rings. The molecule has 1 fully saturated rings. The molecule has 0 saturated carbocycles. The van der Waals surface area contributed by atoms with Gasteiger partial charge in [-0.15, -0.1) is 24.0 Å². The number of nitrogens with zero attached hydrogens (tertiary/aromatic N) is 1. The first-order valence-electron chi connectivity index (χ1n) is 8.48. The molecule has 3 nitrogen and oxygen atoms in total. The molecule has 0 atom stereocenters. The predicted octanol–water partition coefficient (Wildman–Crippen LogP) is 4.23. The SMILES string of the molecule is Cl.O=C(CCl)NCc1ccccc1-c1ccc(CN2CCCC2)cc1. The van der Waals surface area contributed by atoms with E-state index in [9.17, 15) is 4.79 Å². The molecule has 0 bridgehead atoms. The van der Waals surface area contributed by atoms with Crippen LogP contribution in [0.3, 0.4) is 0 Å². The van der Waals surface area contributed by atoms with Crippen LogP contribution in [0.15, 0.2) is 48.5 Å². The summed E-state index contributed by atoms with van der Waals surface area (Å²) < 4.78 is 0. The Bertz CT molecular complexity index is 682. The summed E-state index contributed by atoms with van der Waals surface area (Å²) in [7, 11) is 0.